The molecule has 0 spiro atoms. The summed E-state index contributed by atoms with van der Waals surface area (Å²) in [6, 6.07) is 5.13. The summed E-state index contributed by atoms with van der Waals surface area (Å²) in [5.74, 6) is 0. The monoisotopic (exact) mass is 292 g/mol. The Morgan fingerprint density at radius 3 is 2.90 bits per heavy atom. The minimum absolute atomic E-state index is 0.114. The Hall–Kier alpha value is -1.86. The standard InChI is InChI=1S/C13H16N4O2S/c1-3-6-14-8-12-15-16-13(20-12)10-5-4-9(2)11(7-10)17(18)19/h4-5,7,14H,3,6,8H2,1-2H3. The van der Waals surface area contributed by atoms with Gasteiger partial charge in [-0.2, -0.15) is 0 Å². The summed E-state index contributed by atoms with van der Waals surface area (Å²) in [5, 5.41) is 24.0. The largest absolute Gasteiger partial charge is 0.310 e. The summed E-state index contributed by atoms with van der Waals surface area (Å²) in [4.78, 5) is 10.6. The summed E-state index contributed by atoms with van der Waals surface area (Å²) in [7, 11) is 0. The first kappa shape index (κ1) is 14.5. The highest BCUT2D eigenvalue weighted by Gasteiger charge is 2.14. The van der Waals surface area contributed by atoms with E-state index < -0.39 is 0 Å². The van der Waals surface area contributed by atoms with Gasteiger partial charge in [0, 0.05) is 23.7 Å². The fraction of sp³-hybridized carbons (Fsp3) is 0.385. The lowest BCUT2D eigenvalue weighted by Gasteiger charge is -1.99. The number of nitro benzene ring substituents is 1. The molecular formula is C13H16N4O2S. The van der Waals surface area contributed by atoms with Gasteiger partial charge in [0.15, 0.2) is 0 Å². The molecule has 0 aliphatic rings. The zero-order valence-electron chi connectivity index (χ0n) is 11.4. The molecule has 0 aliphatic carbocycles. The number of aryl methyl sites for hydroxylation is 1. The van der Waals surface area contributed by atoms with Crippen LogP contribution in [0.3, 0.4) is 0 Å². The highest BCUT2D eigenvalue weighted by Crippen LogP contribution is 2.28. The maximum absolute atomic E-state index is 10.9. The molecule has 6 nitrogen and oxygen atoms in total. The fourth-order valence-electron chi connectivity index (χ4n) is 1.75. The molecule has 2 aromatic rings. The van der Waals surface area contributed by atoms with E-state index in [4.69, 9.17) is 0 Å². The zero-order valence-corrected chi connectivity index (χ0v) is 12.2. The van der Waals surface area contributed by atoms with Gasteiger partial charge in [-0.3, -0.25) is 10.1 Å². The van der Waals surface area contributed by atoms with Crippen LogP contribution >= 0.6 is 11.3 Å². The van der Waals surface area contributed by atoms with Crippen LogP contribution in [0.5, 0.6) is 0 Å². The number of aromatic nitrogens is 2. The average molecular weight is 292 g/mol. The third kappa shape index (κ3) is 3.37. The summed E-state index contributed by atoms with van der Waals surface area (Å²) in [5.41, 5.74) is 1.50. The number of benzene rings is 1. The predicted octanol–water partition coefficient (Wildman–Crippen LogP) is 2.92. The van der Waals surface area contributed by atoms with Crippen LogP contribution in [-0.2, 0) is 6.54 Å². The van der Waals surface area contributed by atoms with Gasteiger partial charge in [-0.05, 0) is 19.9 Å². The van der Waals surface area contributed by atoms with Crippen molar-refractivity contribution >= 4 is 17.0 Å². The first-order chi connectivity index (χ1) is 9.61. The van der Waals surface area contributed by atoms with E-state index in [0.717, 1.165) is 23.5 Å². The molecule has 1 aromatic carbocycles. The molecule has 0 unspecified atom stereocenters. The second-order valence-corrected chi connectivity index (χ2v) is 5.50. The lowest BCUT2D eigenvalue weighted by atomic mass is 10.1. The third-order valence-electron chi connectivity index (χ3n) is 2.82. The van der Waals surface area contributed by atoms with Crippen LogP contribution in [0, 0.1) is 17.0 Å². The number of nitrogens with one attached hydrogen (secondary N) is 1. The lowest BCUT2D eigenvalue weighted by Crippen LogP contribution is -2.13. The van der Waals surface area contributed by atoms with Crippen molar-refractivity contribution in [2.75, 3.05) is 6.54 Å². The van der Waals surface area contributed by atoms with Crippen LogP contribution in [0.25, 0.3) is 10.6 Å². The maximum atomic E-state index is 10.9. The summed E-state index contributed by atoms with van der Waals surface area (Å²) in [6.45, 7) is 5.44. The van der Waals surface area contributed by atoms with Crippen molar-refractivity contribution in [3.63, 3.8) is 0 Å². The maximum Gasteiger partial charge on any atom is 0.273 e. The van der Waals surface area contributed by atoms with Crippen molar-refractivity contribution in [1.82, 2.24) is 15.5 Å². The van der Waals surface area contributed by atoms with E-state index >= 15 is 0 Å². The van der Waals surface area contributed by atoms with Crippen LogP contribution in [0.4, 0.5) is 5.69 Å². The van der Waals surface area contributed by atoms with E-state index in [1.807, 2.05) is 6.07 Å². The van der Waals surface area contributed by atoms with Crippen LogP contribution in [0.15, 0.2) is 18.2 Å². The van der Waals surface area contributed by atoms with Crippen molar-refractivity contribution in [2.45, 2.75) is 26.8 Å². The molecule has 0 amide bonds. The molecule has 0 atom stereocenters. The number of nitro groups is 1. The van der Waals surface area contributed by atoms with Crippen LogP contribution in [0.1, 0.15) is 23.9 Å². The number of rotatable bonds is 6. The summed E-state index contributed by atoms with van der Waals surface area (Å²) in [6.07, 6.45) is 1.07. The molecule has 0 fully saturated rings. The van der Waals surface area contributed by atoms with Gasteiger partial charge >= 0.3 is 0 Å². The highest BCUT2D eigenvalue weighted by molar-refractivity contribution is 7.14. The minimum atomic E-state index is -0.371. The second-order valence-electron chi connectivity index (χ2n) is 4.44. The van der Waals surface area contributed by atoms with Crippen molar-refractivity contribution < 1.29 is 4.92 Å². The van der Waals surface area contributed by atoms with E-state index in [9.17, 15) is 10.1 Å². The van der Waals surface area contributed by atoms with Gasteiger partial charge in [0.2, 0.25) is 0 Å². The van der Waals surface area contributed by atoms with Gasteiger partial charge in [-0.25, -0.2) is 0 Å². The van der Waals surface area contributed by atoms with E-state index in [1.165, 1.54) is 11.3 Å². The molecule has 0 bridgehead atoms. The summed E-state index contributed by atoms with van der Waals surface area (Å²) >= 11 is 1.46. The fourth-order valence-corrected chi connectivity index (χ4v) is 2.56. The second kappa shape index (κ2) is 6.53. The molecule has 0 saturated heterocycles. The quantitative estimate of drug-likeness (QED) is 0.503. The topological polar surface area (TPSA) is 81.0 Å². The molecule has 106 valence electrons. The molecule has 1 heterocycles. The molecule has 0 aliphatic heterocycles. The first-order valence-electron chi connectivity index (χ1n) is 6.40. The van der Waals surface area contributed by atoms with Gasteiger partial charge in [0.1, 0.15) is 10.0 Å². The lowest BCUT2D eigenvalue weighted by molar-refractivity contribution is -0.385. The van der Waals surface area contributed by atoms with E-state index in [-0.39, 0.29) is 10.6 Å². The van der Waals surface area contributed by atoms with Gasteiger partial charge in [0.25, 0.3) is 5.69 Å². The van der Waals surface area contributed by atoms with Crippen molar-refractivity contribution in [3.05, 3.63) is 38.9 Å². The minimum Gasteiger partial charge on any atom is -0.310 e. The Bertz CT molecular complexity index is 612. The molecule has 2 rings (SSSR count). The van der Waals surface area contributed by atoms with Gasteiger partial charge < -0.3 is 5.32 Å². The Balaban J connectivity index is 2.19. The van der Waals surface area contributed by atoms with Crippen LogP contribution in [-0.4, -0.2) is 21.7 Å². The van der Waals surface area contributed by atoms with Crippen molar-refractivity contribution in [3.8, 4) is 10.6 Å². The SMILES string of the molecule is CCCNCc1nnc(-c2ccc(C)c([N+](=O)[O-])c2)s1. The number of hydrogen-bond acceptors (Lipinski definition) is 6. The van der Waals surface area contributed by atoms with Crippen LogP contribution < -0.4 is 5.32 Å². The Labute approximate surface area is 121 Å². The Kier molecular flexibility index (Phi) is 4.75. The smallest absolute Gasteiger partial charge is 0.273 e. The van der Waals surface area contributed by atoms with Gasteiger partial charge in [0.05, 0.1) is 4.92 Å². The van der Waals surface area contributed by atoms with Crippen LogP contribution in [0.2, 0.25) is 0 Å². The molecule has 1 N–H and O–H groups in total. The highest BCUT2D eigenvalue weighted by atomic mass is 32.1. The van der Waals surface area contributed by atoms with E-state index in [2.05, 4.69) is 22.4 Å². The van der Waals surface area contributed by atoms with Gasteiger partial charge in [-0.15, -0.1) is 10.2 Å². The van der Waals surface area contributed by atoms with Crippen molar-refractivity contribution in [2.24, 2.45) is 0 Å². The molecule has 1 aromatic heterocycles. The molecular weight excluding hydrogens is 276 g/mol. The summed E-state index contributed by atoms with van der Waals surface area (Å²) < 4.78 is 0. The molecule has 20 heavy (non-hydrogen) atoms. The normalized spacial score (nSPS) is 10.7. The first-order valence-corrected chi connectivity index (χ1v) is 7.22. The molecule has 0 radical (unpaired) electrons. The molecule has 0 saturated carbocycles. The Morgan fingerprint density at radius 2 is 2.20 bits per heavy atom. The average Bonchev–Trinajstić information content (AvgIpc) is 2.88. The number of nitrogens with zero attached hydrogens (tertiary/aromatic N) is 3. The van der Waals surface area contributed by atoms with Crippen molar-refractivity contribution in [1.29, 1.82) is 0 Å². The van der Waals surface area contributed by atoms with E-state index in [0.29, 0.717) is 17.1 Å². The van der Waals surface area contributed by atoms with E-state index in [1.54, 1.807) is 19.1 Å². The third-order valence-corrected chi connectivity index (χ3v) is 3.79. The number of hydrogen-bond donors (Lipinski definition) is 1. The van der Waals surface area contributed by atoms with Gasteiger partial charge in [-0.1, -0.05) is 30.4 Å². The Morgan fingerprint density at radius 1 is 1.40 bits per heavy atom. The zero-order chi connectivity index (χ0) is 14.5. The predicted molar refractivity (Wildman–Crippen MR) is 78.7 cm³/mol. The molecule has 7 heteroatoms.